The Hall–Kier alpha value is -1.34. The zero-order valence-electron chi connectivity index (χ0n) is 12.8. The van der Waals surface area contributed by atoms with Crippen LogP contribution in [0.4, 0.5) is 4.79 Å². The van der Waals surface area contributed by atoms with Crippen LogP contribution in [0.15, 0.2) is 0 Å². The molecule has 120 valence electrons. The molecule has 1 heterocycles. The quantitative estimate of drug-likeness (QED) is 0.685. The van der Waals surface area contributed by atoms with Crippen LogP contribution in [0.5, 0.6) is 0 Å². The van der Waals surface area contributed by atoms with E-state index in [0.717, 1.165) is 19.1 Å². The van der Waals surface area contributed by atoms with E-state index in [9.17, 15) is 9.59 Å². The molecule has 2 rings (SSSR count). The van der Waals surface area contributed by atoms with Gasteiger partial charge < -0.3 is 15.3 Å². The van der Waals surface area contributed by atoms with Gasteiger partial charge in [0.1, 0.15) is 0 Å². The van der Waals surface area contributed by atoms with Crippen molar-refractivity contribution in [1.29, 1.82) is 0 Å². The molecule has 1 saturated carbocycles. The molecule has 2 fully saturated rings. The number of carbonyl (C=O) groups is 2. The van der Waals surface area contributed by atoms with Gasteiger partial charge in [0.05, 0.1) is 6.54 Å². The largest absolute Gasteiger partial charge is 0.480 e. The monoisotopic (exact) mass is 298 g/mol. The lowest BCUT2D eigenvalue weighted by molar-refractivity contribution is -0.138. The van der Waals surface area contributed by atoms with Crippen LogP contribution in [0.1, 0.15) is 19.8 Å². The second-order valence-corrected chi connectivity index (χ2v) is 5.75. The van der Waals surface area contributed by atoms with E-state index in [0.29, 0.717) is 32.7 Å². The average molecular weight is 298 g/mol. The minimum Gasteiger partial charge on any atom is -0.480 e. The van der Waals surface area contributed by atoms with Crippen LogP contribution in [0, 0.1) is 0 Å². The van der Waals surface area contributed by atoms with Crippen LogP contribution in [0.3, 0.4) is 0 Å². The Bertz CT molecular complexity index is 365. The van der Waals surface area contributed by atoms with E-state index >= 15 is 0 Å². The molecule has 1 aliphatic carbocycles. The summed E-state index contributed by atoms with van der Waals surface area (Å²) in [6.07, 6.45) is 2.57. The van der Waals surface area contributed by atoms with Crippen molar-refractivity contribution in [3.63, 3.8) is 0 Å². The first kappa shape index (κ1) is 16.0. The summed E-state index contributed by atoms with van der Waals surface area (Å²) in [4.78, 5) is 28.7. The summed E-state index contributed by atoms with van der Waals surface area (Å²) >= 11 is 0. The SMILES string of the molecule is CCN(CCNC(=O)N1CCN(CC(=O)O)CC1)C1CC1. The summed E-state index contributed by atoms with van der Waals surface area (Å²) in [5.41, 5.74) is 0. The first-order chi connectivity index (χ1) is 10.1. The van der Waals surface area contributed by atoms with E-state index in [1.807, 2.05) is 4.90 Å². The molecule has 0 bridgehead atoms. The fourth-order valence-electron chi connectivity index (χ4n) is 2.76. The van der Waals surface area contributed by atoms with E-state index in [2.05, 4.69) is 17.1 Å². The van der Waals surface area contributed by atoms with Gasteiger partial charge in [-0.15, -0.1) is 0 Å². The number of rotatable bonds is 7. The van der Waals surface area contributed by atoms with Gasteiger partial charge in [-0.25, -0.2) is 4.79 Å². The molecule has 0 aromatic heterocycles. The molecule has 2 N–H and O–H groups in total. The second-order valence-electron chi connectivity index (χ2n) is 5.75. The Balaban J connectivity index is 1.61. The number of hydrogen-bond acceptors (Lipinski definition) is 4. The van der Waals surface area contributed by atoms with Crippen LogP contribution in [0.2, 0.25) is 0 Å². The molecule has 21 heavy (non-hydrogen) atoms. The molecule has 1 saturated heterocycles. The maximum atomic E-state index is 12.0. The van der Waals surface area contributed by atoms with Gasteiger partial charge in [0.25, 0.3) is 0 Å². The number of nitrogens with one attached hydrogen (secondary N) is 1. The maximum Gasteiger partial charge on any atom is 0.317 e. The number of urea groups is 1. The lowest BCUT2D eigenvalue weighted by atomic mass is 10.3. The van der Waals surface area contributed by atoms with Crippen LogP contribution < -0.4 is 5.32 Å². The molecule has 0 atom stereocenters. The Morgan fingerprint density at radius 2 is 1.90 bits per heavy atom. The molecule has 7 heteroatoms. The van der Waals surface area contributed by atoms with Crippen molar-refractivity contribution in [3.05, 3.63) is 0 Å². The Kier molecular flexibility index (Phi) is 5.81. The fourth-order valence-corrected chi connectivity index (χ4v) is 2.76. The van der Waals surface area contributed by atoms with Crippen molar-refractivity contribution in [2.24, 2.45) is 0 Å². The summed E-state index contributed by atoms with van der Waals surface area (Å²) < 4.78 is 0. The Labute approximate surface area is 125 Å². The van der Waals surface area contributed by atoms with Gasteiger partial charge >= 0.3 is 12.0 Å². The van der Waals surface area contributed by atoms with Crippen molar-refractivity contribution >= 4 is 12.0 Å². The van der Waals surface area contributed by atoms with Gasteiger partial charge in [0, 0.05) is 45.3 Å². The molecular formula is C14H26N4O3. The van der Waals surface area contributed by atoms with E-state index < -0.39 is 5.97 Å². The summed E-state index contributed by atoms with van der Waals surface area (Å²) in [6.45, 7) is 7.28. The first-order valence-corrected chi connectivity index (χ1v) is 7.81. The highest BCUT2D eigenvalue weighted by atomic mass is 16.4. The third-order valence-corrected chi connectivity index (χ3v) is 4.16. The van der Waals surface area contributed by atoms with Crippen molar-refractivity contribution in [2.45, 2.75) is 25.8 Å². The highest BCUT2D eigenvalue weighted by Gasteiger charge is 2.27. The molecule has 0 aromatic rings. The number of carboxylic acid groups (broad SMARTS) is 1. The number of amides is 2. The van der Waals surface area contributed by atoms with Crippen LogP contribution in [-0.4, -0.2) is 90.2 Å². The highest BCUT2D eigenvalue weighted by molar-refractivity contribution is 5.74. The smallest absolute Gasteiger partial charge is 0.317 e. The van der Waals surface area contributed by atoms with E-state index in [4.69, 9.17) is 5.11 Å². The second kappa shape index (κ2) is 7.61. The predicted octanol–water partition coefficient (Wildman–Crippen LogP) is -0.117. The van der Waals surface area contributed by atoms with Crippen molar-refractivity contribution in [3.8, 4) is 0 Å². The summed E-state index contributed by atoms with van der Waals surface area (Å²) in [6, 6.07) is 0.697. The van der Waals surface area contributed by atoms with Gasteiger partial charge in [-0.2, -0.15) is 0 Å². The number of hydrogen-bond donors (Lipinski definition) is 2. The topological polar surface area (TPSA) is 76.1 Å². The number of carbonyl (C=O) groups excluding carboxylic acids is 1. The van der Waals surface area contributed by atoms with Crippen LogP contribution in [-0.2, 0) is 4.79 Å². The van der Waals surface area contributed by atoms with E-state index in [-0.39, 0.29) is 12.6 Å². The molecule has 2 amide bonds. The predicted molar refractivity (Wildman–Crippen MR) is 79.3 cm³/mol. The number of nitrogens with zero attached hydrogens (tertiary/aromatic N) is 3. The molecule has 2 aliphatic rings. The molecule has 1 aliphatic heterocycles. The summed E-state index contributed by atoms with van der Waals surface area (Å²) in [5.74, 6) is -0.812. The fraction of sp³-hybridized carbons (Fsp3) is 0.857. The van der Waals surface area contributed by atoms with Crippen molar-refractivity contribution in [2.75, 3.05) is 52.4 Å². The van der Waals surface area contributed by atoms with E-state index in [1.54, 1.807) is 4.90 Å². The third-order valence-electron chi connectivity index (χ3n) is 4.16. The third kappa shape index (κ3) is 5.17. The highest BCUT2D eigenvalue weighted by Crippen LogP contribution is 2.25. The summed E-state index contributed by atoms with van der Waals surface area (Å²) in [7, 11) is 0. The Morgan fingerprint density at radius 1 is 1.24 bits per heavy atom. The number of piperazine rings is 1. The standard InChI is InChI=1S/C14H26N4O3/c1-2-17(12-3-4-12)6-5-15-14(21)18-9-7-16(8-10-18)11-13(19)20/h12H,2-11H2,1H3,(H,15,21)(H,19,20). The lowest BCUT2D eigenvalue weighted by Gasteiger charge is -2.34. The van der Waals surface area contributed by atoms with Crippen molar-refractivity contribution < 1.29 is 14.7 Å². The van der Waals surface area contributed by atoms with E-state index in [1.165, 1.54) is 12.8 Å². The van der Waals surface area contributed by atoms with Crippen LogP contribution >= 0.6 is 0 Å². The molecular weight excluding hydrogens is 272 g/mol. The Morgan fingerprint density at radius 3 is 2.43 bits per heavy atom. The maximum absolute atomic E-state index is 12.0. The van der Waals surface area contributed by atoms with Gasteiger partial charge in [-0.1, -0.05) is 6.92 Å². The first-order valence-electron chi connectivity index (χ1n) is 7.81. The lowest BCUT2D eigenvalue weighted by Crippen LogP contribution is -2.53. The van der Waals surface area contributed by atoms with Gasteiger partial charge in [0.2, 0.25) is 0 Å². The molecule has 0 aromatic carbocycles. The van der Waals surface area contributed by atoms with Crippen LogP contribution in [0.25, 0.3) is 0 Å². The van der Waals surface area contributed by atoms with Gasteiger partial charge in [-0.05, 0) is 19.4 Å². The van der Waals surface area contributed by atoms with Gasteiger partial charge in [-0.3, -0.25) is 14.6 Å². The minimum absolute atomic E-state index is 0.0307. The molecule has 0 unspecified atom stereocenters. The van der Waals surface area contributed by atoms with Gasteiger partial charge in [0.15, 0.2) is 0 Å². The number of likely N-dealkylation sites (N-methyl/N-ethyl adjacent to an activating group) is 1. The molecule has 0 spiro atoms. The minimum atomic E-state index is -0.812. The summed E-state index contributed by atoms with van der Waals surface area (Å²) in [5, 5.41) is 11.7. The molecule has 7 nitrogen and oxygen atoms in total. The average Bonchev–Trinajstić information content (AvgIpc) is 3.28. The normalized spacial score (nSPS) is 19.8. The zero-order chi connectivity index (χ0) is 15.2. The zero-order valence-corrected chi connectivity index (χ0v) is 12.8. The number of carboxylic acids is 1. The number of aliphatic carboxylic acids is 1. The van der Waals surface area contributed by atoms with Crippen molar-refractivity contribution in [1.82, 2.24) is 20.0 Å². The molecule has 0 radical (unpaired) electrons.